The Balaban J connectivity index is 1.54. The van der Waals surface area contributed by atoms with Crippen molar-refractivity contribution in [2.75, 3.05) is 13.2 Å². The van der Waals surface area contributed by atoms with E-state index >= 15 is 0 Å². The van der Waals surface area contributed by atoms with Crippen LogP contribution in [-0.2, 0) is 23.0 Å². The molecule has 2 aromatic heterocycles. The molecule has 0 aliphatic carbocycles. The predicted octanol–water partition coefficient (Wildman–Crippen LogP) is 0.804. The summed E-state index contributed by atoms with van der Waals surface area (Å²) >= 11 is 0. The van der Waals surface area contributed by atoms with Crippen LogP contribution in [0.4, 0.5) is 0 Å². The number of nitrogens with zero attached hydrogens (tertiary/aromatic N) is 4. The van der Waals surface area contributed by atoms with Crippen molar-refractivity contribution in [2.24, 2.45) is 7.05 Å². The first-order chi connectivity index (χ1) is 12.1. The zero-order valence-corrected chi connectivity index (χ0v) is 14.5. The Bertz CT molecular complexity index is 701. The Morgan fingerprint density at radius 3 is 3.08 bits per heavy atom. The van der Waals surface area contributed by atoms with Crippen LogP contribution in [0.5, 0.6) is 5.75 Å². The molecule has 8 heteroatoms. The van der Waals surface area contributed by atoms with Gasteiger partial charge in [0.25, 0.3) is 0 Å². The molecule has 1 amide bonds. The van der Waals surface area contributed by atoms with Gasteiger partial charge < -0.3 is 19.4 Å². The third kappa shape index (κ3) is 4.76. The monoisotopic (exact) mass is 345 g/mol. The molecule has 0 radical (unpaired) electrons. The summed E-state index contributed by atoms with van der Waals surface area (Å²) in [6.07, 6.45) is 4.74. The molecule has 0 aromatic carbocycles. The van der Waals surface area contributed by atoms with E-state index in [4.69, 9.17) is 9.47 Å². The van der Waals surface area contributed by atoms with Crippen LogP contribution in [0.15, 0.2) is 24.7 Å². The van der Waals surface area contributed by atoms with E-state index in [1.807, 2.05) is 30.7 Å². The predicted molar refractivity (Wildman–Crippen MR) is 90.1 cm³/mol. The lowest BCUT2D eigenvalue weighted by molar-refractivity contribution is -0.124. The molecule has 25 heavy (non-hydrogen) atoms. The number of nitrogens with one attached hydrogen (secondary N) is 1. The fraction of sp³-hybridized carbons (Fsp3) is 0.529. The van der Waals surface area contributed by atoms with Gasteiger partial charge in [0.1, 0.15) is 24.0 Å². The van der Waals surface area contributed by atoms with E-state index < -0.39 is 0 Å². The van der Waals surface area contributed by atoms with Crippen LogP contribution >= 0.6 is 0 Å². The van der Waals surface area contributed by atoms with Gasteiger partial charge in [-0.05, 0) is 25.5 Å². The van der Waals surface area contributed by atoms with Crippen LogP contribution in [0.25, 0.3) is 0 Å². The minimum atomic E-state index is -0.225. The van der Waals surface area contributed by atoms with Crippen molar-refractivity contribution in [3.8, 4) is 5.75 Å². The molecule has 2 atom stereocenters. The van der Waals surface area contributed by atoms with Crippen molar-refractivity contribution >= 4 is 5.91 Å². The van der Waals surface area contributed by atoms with Crippen molar-refractivity contribution in [1.29, 1.82) is 0 Å². The van der Waals surface area contributed by atoms with Crippen molar-refractivity contribution in [3.05, 3.63) is 36.2 Å². The smallest absolute Gasteiger partial charge is 0.220 e. The van der Waals surface area contributed by atoms with Crippen LogP contribution in [0.3, 0.4) is 0 Å². The first-order valence-corrected chi connectivity index (χ1v) is 8.41. The molecule has 134 valence electrons. The average molecular weight is 345 g/mol. The zero-order chi connectivity index (χ0) is 17.6. The molecule has 2 aromatic rings. The third-order valence-electron chi connectivity index (χ3n) is 4.20. The maximum Gasteiger partial charge on any atom is 0.220 e. The van der Waals surface area contributed by atoms with Crippen LogP contribution in [0.1, 0.15) is 24.4 Å². The Kier molecular flexibility index (Phi) is 5.60. The number of aromatic nitrogens is 4. The fourth-order valence-corrected chi connectivity index (χ4v) is 2.73. The van der Waals surface area contributed by atoms with Gasteiger partial charge in [-0.2, -0.15) is 0 Å². The summed E-state index contributed by atoms with van der Waals surface area (Å²) in [5, 5.41) is 10.9. The Morgan fingerprint density at radius 1 is 1.48 bits per heavy atom. The van der Waals surface area contributed by atoms with E-state index in [0.29, 0.717) is 31.8 Å². The lowest BCUT2D eigenvalue weighted by Crippen LogP contribution is -2.51. The van der Waals surface area contributed by atoms with Gasteiger partial charge in [-0.1, -0.05) is 0 Å². The number of hydrogen-bond donors (Lipinski definition) is 1. The number of ether oxygens (including phenoxy) is 2. The van der Waals surface area contributed by atoms with E-state index in [1.165, 1.54) is 0 Å². The number of hydrogen-bond acceptors (Lipinski definition) is 6. The Morgan fingerprint density at radius 2 is 2.36 bits per heavy atom. The van der Waals surface area contributed by atoms with Crippen LogP contribution in [0.2, 0.25) is 0 Å². The molecular formula is C17H23N5O3. The highest BCUT2D eigenvalue weighted by Crippen LogP contribution is 2.17. The molecule has 1 aliphatic rings. The van der Waals surface area contributed by atoms with E-state index in [1.54, 1.807) is 12.5 Å². The molecule has 0 spiro atoms. The number of pyridine rings is 1. The minimum Gasteiger partial charge on any atom is -0.484 e. The van der Waals surface area contributed by atoms with E-state index in [0.717, 1.165) is 17.9 Å². The normalized spacial score (nSPS) is 20.2. The summed E-state index contributed by atoms with van der Waals surface area (Å²) in [6.45, 7) is 2.98. The lowest BCUT2D eigenvalue weighted by Gasteiger charge is -2.32. The van der Waals surface area contributed by atoms with Crippen LogP contribution < -0.4 is 10.1 Å². The second-order valence-electron chi connectivity index (χ2n) is 6.19. The molecule has 3 rings (SSSR count). The van der Waals surface area contributed by atoms with Gasteiger partial charge in [-0.15, -0.1) is 10.2 Å². The summed E-state index contributed by atoms with van der Waals surface area (Å²) in [6, 6.07) is 3.69. The van der Waals surface area contributed by atoms with Gasteiger partial charge in [0.05, 0.1) is 18.8 Å². The summed E-state index contributed by atoms with van der Waals surface area (Å²) in [4.78, 5) is 16.5. The van der Waals surface area contributed by atoms with Gasteiger partial charge in [-0.3, -0.25) is 9.78 Å². The highest BCUT2D eigenvalue weighted by atomic mass is 16.5. The molecule has 8 nitrogen and oxygen atoms in total. The van der Waals surface area contributed by atoms with Crippen LogP contribution in [0, 0.1) is 6.92 Å². The minimum absolute atomic E-state index is 0.0227. The van der Waals surface area contributed by atoms with E-state index in [9.17, 15) is 4.79 Å². The van der Waals surface area contributed by atoms with Crippen molar-refractivity contribution in [1.82, 2.24) is 25.1 Å². The van der Waals surface area contributed by atoms with Crippen molar-refractivity contribution < 1.29 is 14.3 Å². The van der Waals surface area contributed by atoms with Gasteiger partial charge in [0.2, 0.25) is 5.91 Å². The Hall–Kier alpha value is -2.48. The Labute approximate surface area is 146 Å². The highest BCUT2D eigenvalue weighted by molar-refractivity contribution is 5.76. The lowest BCUT2D eigenvalue weighted by atomic mass is 10.1. The van der Waals surface area contributed by atoms with Crippen LogP contribution in [-0.4, -0.2) is 51.0 Å². The molecule has 1 N–H and O–H groups in total. The molecule has 0 bridgehead atoms. The largest absolute Gasteiger partial charge is 0.484 e. The number of carbonyl (C=O) groups is 1. The van der Waals surface area contributed by atoms with Gasteiger partial charge in [0.15, 0.2) is 0 Å². The average Bonchev–Trinajstić information content (AvgIpc) is 3.02. The topological polar surface area (TPSA) is 91.2 Å². The molecule has 3 heterocycles. The summed E-state index contributed by atoms with van der Waals surface area (Å²) < 4.78 is 13.3. The molecule has 0 saturated carbocycles. The van der Waals surface area contributed by atoms with Gasteiger partial charge in [0, 0.05) is 32.2 Å². The second-order valence-corrected chi connectivity index (χ2v) is 6.19. The SMILES string of the molecule is Cc1ccc(O[C@H]2COCC[C@H]2NC(=O)CCc2nncn2C)cn1. The first-order valence-electron chi connectivity index (χ1n) is 8.41. The van der Waals surface area contributed by atoms with Crippen molar-refractivity contribution in [3.63, 3.8) is 0 Å². The third-order valence-corrected chi connectivity index (χ3v) is 4.20. The van der Waals surface area contributed by atoms with Gasteiger partial charge in [-0.25, -0.2) is 0 Å². The van der Waals surface area contributed by atoms with Crippen molar-refractivity contribution in [2.45, 2.75) is 38.3 Å². The number of carbonyl (C=O) groups excluding carboxylic acids is 1. The molecular weight excluding hydrogens is 322 g/mol. The summed E-state index contributed by atoms with van der Waals surface area (Å²) in [5.41, 5.74) is 0.931. The maximum atomic E-state index is 12.3. The molecule has 1 fully saturated rings. The quantitative estimate of drug-likeness (QED) is 0.833. The number of amides is 1. The molecule has 1 saturated heterocycles. The fourth-order valence-electron chi connectivity index (χ4n) is 2.73. The maximum absolute atomic E-state index is 12.3. The highest BCUT2D eigenvalue weighted by Gasteiger charge is 2.29. The number of rotatable bonds is 6. The molecule has 1 aliphatic heterocycles. The number of aryl methyl sites for hydroxylation is 3. The zero-order valence-electron chi connectivity index (χ0n) is 14.5. The summed E-state index contributed by atoms with van der Waals surface area (Å²) in [5.74, 6) is 1.45. The van der Waals surface area contributed by atoms with Gasteiger partial charge >= 0.3 is 0 Å². The summed E-state index contributed by atoms with van der Waals surface area (Å²) in [7, 11) is 1.87. The second kappa shape index (κ2) is 8.06. The first kappa shape index (κ1) is 17.3. The van der Waals surface area contributed by atoms with E-state index in [2.05, 4.69) is 20.5 Å². The standard InChI is InChI=1S/C17H23N5O3/c1-12-3-4-13(9-18-12)25-15-10-24-8-7-14(15)20-17(23)6-5-16-21-19-11-22(16)2/h3-4,9,11,14-15H,5-8,10H2,1-2H3,(H,20,23)/t14-,15+/m1/s1. The van der Waals surface area contributed by atoms with E-state index in [-0.39, 0.29) is 18.1 Å². The molecule has 0 unspecified atom stereocenters.